The van der Waals surface area contributed by atoms with Crippen molar-refractivity contribution in [3.05, 3.63) is 78.1 Å². The van der Waals surface area contributed by atoms with Crippen molar-refractivity contribution in [1.82, 2.24) is 15.1 Å². The van der Waals surface area contributed by atoms with Gasteiger partial charge in [0.25, 0.3) is 5.91 Å². The second kappa shape index (κ2) is 7.79. The first-order chi connectivity index (χ1) is 12.2. The number of nitrogens with zero attached hydrogens (tertiary/aromatic N) is 3. The molecule has 6 nitrogen and oxygen atoms in total. The van der Waals surface area contributed by atoms with Crippen molar-refractivity contribution in [1.29, 1.82) is 5.26 Å². The van der Waals surface area contributed by atoms with Gasteiger partial charge in [0.1, 0.15) is 5.75 Å². The third-order valence-corrected chi connectivity index (χ3v) is 3.50. The van der Waals surface area contributed by atoms with E-state index in [0.717, 1.165) is 11.3 Å². The molecule has 124 valence electrons. The topological polar surface area (TPSA) is 79.9 Å². The largest absolute Gasteiger partial charge is 0.484 e. The molecule has 6 heteroatoms. The Hall–Kier alpha value is -3.59. The summed E-state index contributed by atoms with van der Waals surface area (Å²) in [7, 11) is 0. The molecule has 0 fully saturated rings. The van der Waals surface area contributed by atoms with Gasteiger partial charge in [0.2, 0.25) is 0 Å². The fourth-order valence-electron chi connectivity index (χ4n) is 2.20. The minimum atomic E-state index is -0.225. The normalized spacial score (nSPS) is 10.0. The lowest BCUT2D eigenvalue weighted by molar-refractivity contribution is -0.123. The van der Waals surface area contributed by atoms with Gasteiger partial charge in [0.05, 0.1) is 23.5 Å². The van der Waals surface area contributed by atoms with Gasteiger partial charge in [-0.1, -0.05) is 18.2 Å². The van der Waals surface area contributed by atoms with Crippen LogP contribution in [0.15, 0.2) is 67.0 Å². The first-order valence-electron chi connectivity index (χ1n) is 7.73. The molecule has 0 bridgehead atoms. The second-order valence-electron chi connectivity index (χ2n) is 5.33. The Bertz CT molecular complexity index is 880. The van der Waals surface area contributed by atoms with Crippen molar-refractivity contribution in [2.45, 2.75) is 6.54 Å². The van der Waals surface area contributed by atoms with E-state index in [1.54, 1.807) is 35.1 Å². The molecule has 0 spiro atoms. The van der Waals surface area contributed by atoms with Crippen LogP contribution in [0.4, 0.5) is 0 Å². The van der Waals surface area contributed by atoms with Crippen LogP contribution in [0.5, 0.6) is 5.75 Å². The molecule has 3 aromatic rings. The molecule has 0 atom stereocenters. The molecule has 0 aliphatic rings. The number of benzene rings is 2. The molecular weight excluding hydrogens is 316 g/mol. The Morgan fingerprint density at radius 1 is 1.16 bits per heavy atom. The average molecular weight is 332 g/mol. The highest BCUT2D eigenvalue weighted by Gasteiger charge is 2.05. The van der Waals surface area contributed by atoms with Crippen molar-refractivity contribution >= 4 is 5.91 Å². The molecule has 0 saturated carbocycles. The number of aromatic nitrogens is 2. The summed E-state index contributed by atoms with van der Waals surface area (Å²) in [5.41, 5.74) is 2.41. The van der Waals surface area contributed by atoms with Gasteiger partial charge in [-0.2, -0.15) is 10.4 Å². The van der Waals surface area contributed by atoms with E-state index in [0.29, 0.717) is 17.9 Å². The minimum Gasteiger partial charge on any atom is -0.484 e. The molecule has 1 N–H and O–H groups in total. The highest BCUT2D eigenvalue weighted by atomic mass is 16.5. The van der Waals surface area contributed by atoms with Crippen molar-refractivity contribution in [2.75, 3.05) is 6.61 Å². The zero-order valence-electron chi connectivity index (χ0n) is 13.4. The number of hydrogen-bond acceptors (Lipinski definition) is 4. The monoisotopic (exact) mass is 332 g/mol. The van der Waals surface area contributed by atoms with E-state index in [1.165, 1.54) is 0 Å². The highest BCUT2D eigenvalue weighted by Crippen LogP contribution is 2.11. The van der Waals surface area contributed by atoms with E-state index in [1.807, 2.05) is 42.6 Å². The molecule has 25 heavy (non-hydrogen) atoms. The molecule has 1 amide bonds. The lowest BCUT2D eigenvalue weighted by atomic mass is 10.2. The second-order valence-corrected chi connectivity index (χ2v) is 5.33. The summed E-state index contributed by atoms with van der Waals surface area (Å²) >= 11 is 0. The van der Waals surface area contributed by atoms with Gasteiger partial charge in [-0.3, -0.25) is 4.79 Å². The van der Waals surface area contributed by atoms with Crippen LogP contribution in [-0.2, 0) is 11.3 Å². The zero-order chi connectivity index (χ0) is 17.5. The highest BCUT2D eigenvalue weighted by molar-refractivity contribution is 5.77. The summed E-state index contributed by atoms with van der Waals surface area (Å²) in [5.74, 6) is 0.322. The van der Waals surface area contributed by atoms with Gasteiger partial charge < -0.3 is 10.1 Å². The molecule has 3 rings (SSSR count). The summed E-state index contributed by atoms with van der Waals surface area (Å²) in [5, 5.41) is 15.8. The lowest BCUT2D eigenvalue weighted by Gasteiger charge is -2.06. The zero-order valence-corrected chi connectivity index (χ0v) is 13.4. The number of hydrogen-bond donors (Lipinski definition) is 1. The van der Waals surface area contributed by atoms with Crippen LogP contribution in [0.25, 0.3) is 5.69 Å². The van der Waals surface area contributed by atoms with Gasteiger partial charge in [0.15, 0.2) is 6.61 Å². The number of ether oxygens (including phenoxy) is 1. The minimum absolute atomic E-state index is 0.0846. The van der Waals surface area contributed by atoms with E-state index in [9.17, 15) is 4.79 Å². The van der Waals surface area contributed by atoms with Gasteiger partial charge >= 0.3 is 0 Å². The number of nitrogens with one attached hydrogen (secondary N) is 1. The van der Waals surface area contributed by atoms with Gasteiger partial charge in [-0.05, 0) is 36.4 Å². The molecule has 1 heterocycles. The van der Waals surface area contributed by atoms with Crippen molar-refractivity contribution in [2.24, 2.45) is 0 Å². The maximum Gasteiger partial charge on any atom is 0.258 e. The van der Waals surface area contributed by atoms with Crippen LogP contribution < -0.4 is 10.1 Å². The summed E-state index contributed by atoms with van der Waals surface area (Å²) in [6.07, 6.45) is 3.59. The molecule has 0 unspecified atom stereocenters. The van der Waals surface area contributed by atoms with Crippen molar-refractivity contribution in [3.63, 3.8) is 0 Å². The Balaban J connectivity index is 1.47. The Kier molecular flexibility index (Phi) is 5.07. The summed E-state index contributed by atoms with van der Waals surface area (Å²) in [6.45, 7) is 0.293. The average Bonchev–Trinajstić information content (AvgIpc) is 3.15. The Labute approximate surface area is 145 Å². The van der Waals surface area contributed by atoms with Crippen LogP contribution in [0.2, 0.25) is 0 Å². The molecule has 1 aromatic heterocycles. The molecule has 0 radical (unpaired) electrons. The molecular formula is C19H16N4O2. The number of nitriles is 1. The predicted molar refractivity (Wildman–Crippen MR) is 92.1 cm³/mol. The van der Waals surface area contributed by atoms with E-state index in [-0.39, 0.29) is 12.5 Å². The van der Waals surface area contributed by atoms with Gasteiger partial charge in [0, 0.05) is 18.3 Å². The number of para-hydroxylation sites is 1. The van der Waals surface area contributed by atoms with Gasteiger partial charge in [-0.15, -0.1) is 0 Å². The van der Waals surface area contributed by atoms with E-state index in [4.69, 9.17) is 10.00 Å². The first-order valence-corrected chi connectivity index (χ1v) is 7.73. The Morgan fingerprint density at radius 3 is 2.64 bits per heavy atom. The first kappa shape index (κ1) is 16.3. The van der Waals surface area contributed by atoms with Crippen LogP contribution in [0, 0.1) is 11.3 Å². The maximum absolute atomic E-state index is 11.9. The van der Waals surface area contributed by atoms with E-state index < -0.39 is 0 Å². The quantitative estimate of drug-likeness (QED) is 0.752. The van der Waals surface area contributed by atoms with Crippen LogP contribution >= 0.6 is 0 Å². The number of carbonyl (C=O) groups is 1. The smallest absolute Gasteiger partial charge is 0.258 e. The van der Waals surface area contributed by atoms with Crippen LogP contribution in [0.3, 0.4) is 0 Å². The third kappa shape index (κ3) is 4.45. The summed E-state index contributed by atoms with van der Waals surface area (Å²) in [6, 6.07) is 18.4. The van der Waals surface area contributed by atoms with Crippen LogP contribution in [0.1, 0.15) is 11.1 Å². The van der Waals surface area contributed by atoms with E-state index >= 15 is 0 Å². The fourth-order valence-corrected chi connectivity index (χ4v) is 2.20. The van der Waals surface area contributed by atoms with Crippen molar-refractivity contribution in [3.8, 4) is 17.5 Å². The molecule has 0 aliphatic carbocycles. The number of carbonyl (C=O) groups excluding carboxylic acids is 1. The summed E-state index contributed by atoms with van der Waals surface area (Å²) < 4.78 is 7.15. The fraction of sp³-hybridized carbons (Fsp3) is 0.105. The standard InChI is InChI=1S/C19H16N4O2/c20-10-15-6-8-18(9-7-15)25-14-19(24)21-11-16-12-22-23(13-16)17-4-2-1-3-5-17/h1-9,12-13H,11,14H2,(H,21,24). The Morgan fingerprint density at radius 2 is 1.92 bits per heavy atom. The predicted octanol–water partition coefficient (Wildman–Crippen LogP) is 2.44. The van der Waals surface area contributed by atoms with Crippen LogP contribution in [-0.4, -0.2) is 22.3 Å². The molecule has 2 aromatic carbocycles. The lowest BCUT2D eigenvalue weighted by Crippen LogP contribution is -2.28. The van der Waals surface area contributed by atoms with E-state index in [2.05, 4.69) is 10.4 Å². The maximum atomic E-state index is 11.9. The third-order valence-electron chi connectivity index (χ3n) is 3.50. The molecule has 0 aliphatic heterocycles. The SMILES string of the molecule is N#Cc1ccc(OCC(=O)NCc2cnn(-c3ccccc3)c2)cc1. The number of amides is 1. The summed E-state index contributed by atoms with van der Waals surface area (Å²) in [4.78, 5) is 11.9. The number of rotatable bonds is 6. The van der Waals surface area contributed by atoms with Gasteiger partial charge in [-0.25, -0.2) is 4.68 Å². The molecule has 0 saturated heterocycles. The van der Waals surface area contributed by atoms with Crippen molar-refractivity contribution < 1.29 is 9.53 Å².